The molecule has 2 heterocycles. The first-order chi connectivity index (χ1) is 10.2. The van der Waals surface area contributed by atoms with Gasteiger partial charge in [0.2, 0.25) is 5.91 Å². The Bertz CT molecular complexity index is 687. The van der Waals surface area contributed by atoms with E-state index in [9.17, 15) is 9.59 Å². The van der Waals surface area contributed by atoms with Gasteiger partial charge in [-0.3, -0.25) is 19.1 Å². The molecule has 0 bridgehead atoms. The largest absolute Gasteiger partial charge is 0.379 e. The van der Waals surface area contributed by atoms with Crippen molar-refractivity contribution in [2.24, 2.45) is 0 Å². The zero-order chi connectivity index (χ0) is 14.8. The third-order valence-electron chi connectivity index (χ3n) is 3.59. The molecule has 0 amide bonds. The summed E-state index contributed by atoms with van der Waals surface area (Å²) in [6, 6.07) is 7.30. The molecule has 1 aromatic carbocycles. The molecule has 1 aliphatic heterocycles. The van der Waals surface area contributed by atoms with Crippen molar-refractivity contribution in [3.05, 3.63) is 30.1 Å². The highest BCUT2D eigenvalue weighted by Crippen LogP contribution is 2.16. The lowest BCUT2D eigenvalue weighted by Gasteiger charge is -2.25. The van der Waals surface area contributed by atoms with Gasteiger partial charge >= 0.3 is 0 Å². The van der Waals surface area contributed by atoms with Crippen LogP contribution in [0.25, 0.3) is 11.0 Å². The van der Waals surface area contributed by atoms with Crippen LogP contribution in [0, 0.1) is 0 Å². The van der Waals surface area contributed by atoms with E-state index in [2.05, 4.69) is 4.98 Å². The van der Waals surface area contributed by atoms with Gasteiger partial charge in [0.25, 0.3) is 0 Å². The van der Waals surface area contributed by atoms with E-state index in [4.69, 9.17) is 4.74 Å². The molecule has 3 rings (SSSR count). The first-order valence-electron chi connectivity index (χ1n) is 6.98. The van der Waals surface area contributed by atoms with Crippen molar-refractivity contribution in [3.63, 3.8) is 0 Å². The lowest BCUT2D eigenvalue weighted by atomic mass is 10.3. The monoisotopic (exact) mass is 287 g/mol. The Morgan fingerprint density at radius 1 is 1.24 bits per heavy atom. The summed E-state index contributed by atoms with van der Waals surface area (Å²) in [4.78, 5) is 30.7. The van der Waals surface area contributed by atoms with Crippen LogP contribution in [0.5, 0.6) is 0 Å². The average Bonchev–Trinajstić information content (AvgIpc) is 2.88. The predicted molar refractivity (Wildman–Crippen MR) is 77.6 cm³/mol. The number of fused-ring (bicyclic) bond motifs is 1. The summed E-state index contributed by atoms with van der Waals surface area (Å²) >= 11 is 0. The maximum atomic E-state index is 12.6. The number of para-hydroxylation sites is 2. The second-order valence-corrected chi connectivity index (χ2v) is 5.10. The second-order valence-electron chi connectivity index (χ2n) is 5.10. The summed E-state index contributed by atoms with van der Waals surface area (Å²) in [6.45, 7) is 4.43. The van der Waals surface area contributed by atoms with E-state index in [0.29, 0.717) is 24.2 Å². The molecule has 0 atom stereocenters. The van der Waals surface area contributed by atoms with Crippen molar-refractivity contribution in [2.45, 2.75) is 6.92 Å². The average molecular weight is 287 g/mol. The Balaban J connectivity index is 1.95. The topological polar surface area (TPSA) is 64.4 Å². The Hall–Kier alpha value is -2.05. The van der Waals surface area contributed by atoms with Crippen LogP contribution in [0.1, 0.15) is 22.3 Å². The SMILES string of the molecule is CC(=O)c1nc2ccccc2n1C(=O)CN1CCOCC1. The summed E-state index contributed by atoms with van der Waals surface area (Å²) in [5, 5.41) is 0. The van der Waals surface area contributed by atoms with Gasteiger partial charge in [-0.1, -0.05) is 12.1 Å². The minimum absolute atomic E-state index is 0.129. The first-order valence-corrected chi connectivity index (χ1v) is 6.98. The van der Waals surface area contributed by atoms with Crippen molar-refractivity contribution < 1.29 is 14.3 Å². The number of hydrogen-bond donors (Lipinski definition) is 0. The highest BCUT2D eigenvalue weighted by molar-refractivity contribution is 6.02. The molecule has 0 aliphatic carbocycles. The summed E-state index contributed by atoms with van der Waals surface area (Å²) in [5.41, 5.74) is 1.35. The van der Waals surface area contributed by atoms with Crippen LogP contribution in [0.2, 0.25) is 0 Å². The van der Waals surface area contributed by atoms with Crippen molar-refractivity contribution in [3.8, 4) is 0 Å². The molecular formula is C15H17N3O3. The van der Waals surface area contributed by atoms with E-state index in [-0.39, 0.29) is 24.1 Å². The van der Waals surface area contributed by atoms with Crippen molar-refractivity contribution in [1.82, 2.24) is 14.5 Å². The van der Waals surface area contributed by atoms with Crippen LogP contribution in [-0.4, -0.2) is 59.0 Å². The number of hydrogen-bond acceptors (Lipinski definition) is 5. The van der Waals surface area contributed by atoms with Crippen LogP contribution in [0.15, 0.2) is 24.3 Å². The maximum absolute atomic E-state index is 12.6. The number of carbonyl (C=O) groups is 2. The van der Waals surface area contributed by atoms with Gasteiger partial charge in [-0.15, -0.1) is 0 Å². The maximum Gasteiger partial charge on any atom is 0.247 e. The smallest absolute Gasteiger partial charge is 0.247 e. The van der Waals surface area contributed by atoms with Gasteiger partial charge < -0.3 is 4.74 Å². The fraction of sp³-hybridized carbons (Fsp3) is 0.400. The number of benzene rings is 1. The Morgan fingerprint density at radius 3 is 2.67 bits per heavy atom. The molecule has 110 valence electrons. The van der Waals surface area contributed by atoms with Crippen LogP contribution < -0.4 is 0 Å². The van der Waals surface area contributed by atoms with Gasteiger partial charge in [0.15, 0.2) is 11.6 Å². The number of aromatic nitrogens is 2. The highest BCUT2D eigenvalue weighted by atomic mass is 16.5. The summed E-state index contributed by atoms with van der Waals surface area (Å²) in [6.07, 6.45) is 0. The summed E-state index contributed by atoms with van der Waals surface area (Å²) in [5.74, 6) is -0.133. The van der Waals surface area contributed by atoms with Gasteiger partial charge in [-0.25, -0.2) is 4.98 Å². The standard InChI is InChI=1S/C15H17N3O3/c1-11(19)15-16-12-4-2-3-5-13(12)18(15)14(20)10-17-6-8-21-9-7-17/h2-5H,6-10H2,1H3. The molecule has 0 spiro atoms. The molecule has 0 radical (unpaired) electrons. The molecule has 2 aromatic rings. The fourth-order valence-corrected chi connectivity index (χ4v) is 2.54. The molecule has 0 N–H and O–H groups in total. The second kappa shape index (κ2) is 5.75. The lowest BCUT2D eigenvalue weighted by molar-refractivity contribution is 0.0349. The van der Waals surface area contributed by atoms with Crippen molar-refractivity contribution in [2.75, 3.05) is 32.8 Å². The predicted octanol–water partition coefficient (Wildman–Crippen LogP) is 1.21. The van der Waals surface area contributed by atoms with E-state index in [1.54, 1.807) is 6.07 Å². The molecule has 1 aromatic heterocycles. The number of carbonyl (C=O) groups excluding carboxylic acids is 2. The number of morpholine rings is 1. The third-order valence-corrected chi connectivity index (χ3v) is 3.59. The molecule has 0 saturated carbocycles. The van der Waals surface area contributed by atoms with E-state index < -0.39 is 0 Å². The van der Waals surface area contributed by atoms with Crippen molar-refractivity contribution in [1.29, 1.82) is 0 Å². The van der Waals surface area contributed by atoms with Gasteiger partial charge in [-0.2, -0.15) is 0 Å². The Labute approximate surface area is 122 Å². The molecule has 1 saturated heterocycles. The van der Waals surface area contributed by atoms with Crippen LogP contribution in [-0.2, 0) is 4.74 Å². The normalized spacial score (nSPS) is 16.2. The van der Waals surface area contributed by atoms with Crippen LogP contribution >= 0.6 is 0 Å². The molecule has 6 nitrogen and oxygen atoms in total. The molecule has 1 fully saturated rings. The van der Waals surface area contributed by atoms with E-state index in [1.807, 2.05) is 23.1 Å². The number of ketones is 1. The number of Topliss-reactive ketones (excluding diaryl/α,β-unsaturated/α-hetero) is 1. The van der Waals surface area contributed by atoms with Gasteiger partial charge in [0.05, 0.1) is 30.8 Å². The number of imidazole rings is 1. The highest BCUT2D eigenvalue weighted by Gasteiger charge is 2.22. The minimum Gasteiger partial charge on any atom is -0.379 e. The number of rotatable bonds is 3. The molecule has 21 heavy (non-hydrogen) atoms. The summed E-state index contributed by atoms with van der Waals surface area (Å²) < 4.78 is 6.72. The summed E-state index contributed by atoms with van der Waals surface area (Å²) in [7, 11) is 0. The van der Waals surface area contributed by atoms with Crippen molar-refractivity contribution >= 4 is 22.7 Å². The first kappa shape index (κ1) is 13.9. The lowest BCUT2D eigenvalue weighted by Crippen LogP contribution is -2.41. The third kappa shape index (κ3) is 2.72. The zero-order valence-corrected chi connectivity index (χ0v) is 11.9. The van der Waals surface area contributed by atoms with E-state index in [0.717, 1.165) is 13.1 Å². The van der Waals surface area contributed by atoms with Gasteiger partial charge in [-0.05, 0) is 12.1 Å². The molecular weight excluding hydrogens is 270 g/mol. The number of ether oxygens (including phenoxy) is 1. The Kier molecular flexibility index (Phi) is 3.81. The quantitative estimate of drug-likeness (QED) is 0.794. The van der Waals surface area contributed by atoms with Crippen LogP contribution in [0.3, 0.4) is 0 Å². The van der Waals surface area contributed by atoms with Crippen LogP contribution in [0.4, 0.5) is 0 Å². The zero-order valence-electron chi connectivity index (χ0n) is 11.9. The molecule has 1 aliphatic rings. The molecule has 6 heteroatoms. The Morgan fingerprint density at radius 2 is 1.95 bits per heavy atom. The van der Waals surface area contributed by atoms with E-state index >= 15 is 0 Å². The fourth-order valence-electron chi connectivity index (χ4n) is 2.54. The minimum atomic E-state index is -0.207. The van der Waals surface area contributed by atoms with E-state index in [1.165, 1.54) is 11.5 Å². The van der Waals surface area contributed by atoms with Gasteiger partial charge in [0, 0.05) is 20.0 Å². The van der Waals surface area contributed by atoms with Gasteiger partial charge in [0.1, 0.15) is 0 Å². The number of nitrogens with zero attached hydrogens (tertiary/aromatic N) is 3. The molecule has 0 unspecified atom stereocenters.